The molecule has 1 heterocycles. The van der Waals surface area contributed by atoms with E-state index in [0.717, 1.165) is 29.9 Å². The summed E-state index contributed by atoms with van der Waals surface area (Å²) in [6.45, 7) is 3.63. The fourth-order valence-electron chi connectivity index (χ4n) is 1.96. The average Bonchev–Trinajstić information content (AvgIpc) is 2.25. The Morgan fingerprint density at radius 1 is 1.26 bits per heavy atom. The molecular weight excluding hydrogens is 270 g/mol. The second-order valence-corrected chi connectivity index (χ2v) is 5.86. The molecule has 0 aliphatic heterocycles. The van der Waals surface area contributed by atoms with E-state index in [-0.39, 0.29) is 12.1 Å². The molecule has 0 unspecified atom stereocenters. The van der Waals surface area contributed by atoms with Gasteiger partial charge in [0.25, 0.3) is 15.7 Å². The molecule has 1 aromatic rings. The van der Waals surface area contributed by atoms with Crippen LogP contribution >= 0.6 is 0 Å². The van der Waals surface area contributed by atoms with Crippen molar-refractivity contribution >= 4 is 10.1 Å². The van der Waals surface area contributed by atoms with Gasteiger partial charge in [0, 0.05) is 12.6 Å². The molecule has 0 bridgehead atoms. The van der Waals surface area contributed by atoms with Crippen LogP contribution in [0.25, 0.3) is 0 Å². The maximum atomic E-state index is 11.7. The van der Waals surface area contributed by atoms with Crippen LogP contribution in [0.4, 0.5) is 0 Å². The lowest BCUT2D eigenvalue weighted by molar-refractivity contribution is 0.377. The zero-order valence-corrected chi connectivity index (χ0v) is 11.9. The Kier molecular flexibility index (Phi) is 5.13. The van der Waals surface area contributed by atoms with Crippen LogP contribution in [0.2, 0.25) is 0 Å². The van der Waals surface area contributed by atoms with Gasteiger partial charge < -0.3 is 5.11 Å². The number of hydrogen-bond donors (Lipinski definition) is 2. The molecule has 1 rings (SSSR count). The van der Waals surface area contributed by atoms with Gasteiger partial charge in [-0.3, -0.25) is 13.9 Å². The fourth-order valence-corrected chi connectivity index (χ4v) is 2.77. The first-order valence-corrected chi connectivity index (χ1v) is 7.64. The summed E-state index contributed by atoms with van der Waals surface area (Å²) in [4.78, 5) is 11.1. The van der Waals surface area contributed by atoms with Crippen LogP contribution < -0.4 is 5.56 Å². The van der Waals surface area contributed by atoms with Gasteiger partial charge in [0.15, 0.2) is 4.90 Å². The van der Waals surface area contributed by atoms with Crippen LogP contribution in [-0.4, -0.2) is 22.6 Å². The molecule has 0 saturated heterocycles. The molecule has 108 valence electrons. The van der Waals surface area contributed by atoms with Gasteiger partial charge in [-0.05, 0) is 18.9 Å². The molecular formula is C12H19NO5S. The van der Waals surface area contributed by atoms with Crippen molar-refractivity contribution in [2.45, 2.75) is 51.0 Å². The SMILES string of the molecule is CCCCCCn1c(O)c(S(=O)(=O)O)c(C)cc1=O. The summed E-state index contributed by atoms with van der Waals surface area (Å²) in [5.41, 5.74) is -0.436. The number of hydrogen-bond acceptors (Lipinski definition) is 4. The number of pyridine rings is 1. The fraction of sp³-hybridized carbons (Fsp3) is 0.583. The molecule has 6 nitrogen and oxygen atoms in total. The van der Waals surface area contributed by atoms with E-state index in [1.165, 1.54) is 6.92 Å². The van der Waals surface area contributed by atoms with Gasteiger partial charge in [-0.2, -0.15) is 8.42 Å². The third kappa shape index (κ3) is 3.81. The maximum Gasteiger partial charge on any atom is 0.300 e. The lowest BCUT2D eigenvalue weighted by Gasteiger charge is -2.12. The molecule has 0 saturated carbocycles. The Balaban J connectivity index is 3.16. The van der Waals surface area contributed by atoms with E-state index in [0.29, 0.717) is 6.42 Å². The zero-order valence-electron chi connectivity index (χ0n) is 11.1. The minimum absolute atomic E-state index is 0.0369. The maximum absolute atomic E-state index is 11.7. The van der Waals surface area contributed by atoms with E-state index in [4.69, 9.17) is 4.55 Å². The molecule has 0 spiro atoms. The molecule has 7 heteroatoms. The molecule has 1 aromatic heterocycles. The second-order valence-electron chi connectivity index (χ2n) is 4.51. The second kappa shape index (κ2) is 6.21. The van der Waals surface area contributed by atoms with Crippen LogP contribution in [-0.2, 0) is 16.7 Å². The summed E-state index contributed by atoms with van der Waals surface area (Å²) in [7, 11) is -4.55. The highest BCUT2D eigenvalue weighted by atomic mass is 32.2. The largest absolute Gasteiger partial charge is 0.493 e. The monoisotopic (exact) mass is 289 g/mol. The standard InChI is InChI=1S/C12H19NO5S/c1-3-4-5-6-7-13-10(14)8-9(2)11(12(13)15)19(16,17)18/h8,15H,3-7H2,1-2H3,(H,16,17,18). The molecule has 0 fully saturated rings. The van der Waals surface area contributed by atoms with E-state index in [9.17, 15) is 18.3 Å². The summed E-state index contributed by atoms with van der Waals surface area (Å²) in [5.74, 6) is -0.691. The lowest BCUT2D eigenvalue weighted by Crippen LogP contribution is -2.22. The molecule has 0 aliphatic carbocycles. The number of aryl methyl sites for hydroxylation is 1. The van der Waals surface area contributed by atoms with E-state index < -0.39 is 26.5 Å². The van der Waals surface area contributed by atoms with E-state index in [2.05, 4.69) is 0 Å². The number of unbranched alkanes of at least 4 members (excludes halogenated alkanes) is 3. The van der Waals surface area contributed by atoms with Crippen molar-refractivity contribution in [3.8, 4) is 5.88 Å². The Morgan fingerprint density at radius 2 is 1.89 bits per heavy atom. The third-order valence-electron chi connectivity index (χ3n) is 2.92. The Labute approximate surface area is 112 Å². The van der Waals surface area contributed by atoms with Crippen molar-refractivity contribution < 1.29 is 18.1 Å². The highest BCUT2D eigenvalue weighted by Gasteiger charge is 2.22. The van der Waals surface area contributed by atoms with Gasteiger partial charge in [0.1, 0.15) is 0 Å². The van der Waals surface area contributed by atoms with E-state index in [1.54, 1.807) is 0 Å². The van der Waals surface area contributed by atoms with Crippen molar-refractivity contribution in [1.29, 1.82) is 0 Å². The Morgan fingerprint density at radius 3 is 2.42 bits per heavy atom. The highest BCUT2D eigenvalue weighted by molar-refractivity contribution is 7.86. The van der Waals surface area contributed by atoms with Gasteiger partial charge in [-0.25, -0.2) is 0 Å². The van der Waals surface area contributed by atoms with Crippen LogP contribution in [0.15, 0.2) is 15.8 Å². The molecule has 2 N–H and O–H groups in total. The number of rotatable bonds is 6. The first kappa shape index (κ1) is 15.7. The summed E-state index contributed by atoms with van der Waals surface area (Å²) < 4.78 is 32.4. The van der Waals surface area contributed by atoms with Crippen molar-refractivity contribution in [3.05, 3.63) is 22.0 Å². The number of aromatic hydroxyl groups is 1. The summed E-state index contributed by atoms with van der Waals surface area (Å²) in [5, 5.41) is 9.87. The van der Waals surface area contributed by atoms with Gasteiger partial charge in [0.05, 0.1) is 0 Å². The van der Waals surface area contributed by atoms with Crippen molar-refractivity contribution in [1.82, 2.24) is 4.57 Å². The normalized spacial score (nSPS) is 11.7. The van der Waals surface area contributed by atoms with Crippen LogP contribution in [0.3, 0.4) is 0 Å². The Hall–Kier alpha value is -1.34. The predicted octanol–water partition coefficient (Wildman–Crippen LogP) is 1.69. The Bertz CT molecular complexity index is 603. The predicted molar refractivity (Wildman–Crippen MR) is 71.1 cm³/mol. The molecule has 0 radical (unpaired) electrons. The quantitative estimate of drug-likeness (QED) is 0.613. The average molecular weight is 289 g/mol. The van der Waals surface area contributed by atoms with Gasteiger partial charge in [0.2, 0.25) is 5.88 Å². The zero-order chi connectivity index (χ0) is 14.6. The molecule has 0 atom stereocenters. The van der Waals surface area contributed by atoms with Gasteiger partial charge >= 0.3 is 0 Å². The topological polar surface area (TPSA) is 96.6 Å². The summed E-state index contributed by atoms with van der Waals surface area (Å²) in [6.07, 6.45) is 3.59. The van der Waals surface area contributed by atoms with E-state index in [1.807, 2.05) is 6.92 Å². The van der Waals surface area contributed by atoms with Gasteiger partial charge in [-0.1, -0.05) is 26.2 Å². The lowest BCUT2D eigenvalue weighted by atomic mass is 10.2. The van der Waals surface area contributed by atoms with Crippen molar-refractivity contribution in [2.75, 3.05) is 0 Å². The van der Waals surface area contributed by atoms with Crippen molar-refractivity contribution in [2.24, 2.45) is 0 Å². The minimum Gasteiger partial charge on any atom is -0.493 e. The highest BCUT2D eigenvalue weighted by Crippen LogP contribution is 2.24. The number of aromatic nitrogens is 1. The number of nitrogens with zero attached hydrogens (tertiary/aromatic N) is 1. The third-order valence-corrected chi connectivity index (χ3v) is 3.94. The van der Waals surface area contributed by atoms with E-state index >= 15 is 0 Å². The van der Waals surface area contributed by atoms with Crippen LogP contribution in [0.5, 0.6) is 5.88 Å². The minimum atomic E-state index is -4.55. The van der Waals surface area contributed by atoms with Gasteiger partial charge in [-0.15, -0.1) is 0 Å². The molecule has 0 aromatic carbocycles. The molecule has 19 heavy (non-hydrogen) atoms. The smallest absolute Gasteiger partial charge is 0.300 e. The molecule has 0 aliphatic rings. The van der Waals surface area contributed by atoms with Crippen molar-refractivity contribution in [3.63, 3.8) is 0 Å². The summed E-state index contributed by atoms with van der Waals surface area (Å²) in [6, 6.07) is 1.10. The summed E-state index contributed by atoms with van der Waals surface area (Å²) >= 11 is 0. The first-order valence-electron chi connectivity index (χ1n) is 6.20. The molecule has 0 amide bonds. The van der Waals surface area contributed by atoms with Crippen LogP contribution in [0, 0.1) is 6.92 Å². The van der Waals surface area contributed by atoms with Crippen LogP contribution in [0.1, 0.15) is 38.2 Å². The first-order chi connectivity index (χ1) is 8.79.